The third-order valence-corrected chi connectivity index (χ3v) is 3.58. The van der Waals surface area contributed by atoms with Crippen molar-refractivity contribution in [1.29, 1.82) is 0 Å². The predicted octanol–water partition coefficient (Wildman–Crippen LogP) is 2.05. The first-order valence-corrected chi connectivity index (χ1v) is 5.13. The summed E-state index contributed by atoms with van der Waals surface area (Å²) in [6.07, 6.45) is 0. The summed E-state index contributed by atoms with van der Waals surface area (Å²) >= 11 is 16.0. The highest BCUT2D eigenvalue weighted by atomic mass is 35.5. The summed E-state index contributed by atoms with van der Waals surface area (Å²) in [6, 6.07) is 0. The molecule has 0 aromatic carbocycles. The number of rotatable bonds is 1. The summed E-state index contributed by atoms with van der Waals surface area (Å²) in [5.41, 5.74) is 0. The second-order valence-corrected chi connectivity index (χ2v) is 4.29. The Hall–Kier alpha value is 0.827. The second kappa shape index (κ2) is 3.78. The van der Waals surface area contributed by atoms with Crippen LogP contribution in [0.5, 0.6) is 0 Å². The molecule has 0 rings (SSSR count). The molecule has 7 heavy (non-hydrogen) atoms. The van der Waals surface area contributed by atoms with Gasteiger partial charge in [0.15, 0.2) is 0 Å². The van der Waals surface area contributed by atoms with Crippen LogP contribution in [-0.4, -0.2) is 9.52 Å². The van der Waals surface area contributed by atoms with E-state index in [9.17, 15) is 0 Å². The van der Waals surface area contributed by atoms with E-state index in [-0.39, 0.29) is 14.0 Å². The zero-order chi connectivity index (χ0) is 5.86. The molecule has 0 bridgehead atoms. The van der Waals surface area contributed by atoms with Gasteiger partial charge in [0.05, 0.1) is 9.52 Å². The lowest BCUT2D eigenvalue weighted by atomic mass is 11.2. The molecular weight excluding hydrogens is 170 g/mol. The summed E-state index contributed by atoms with van der Waals surface area (Å²) in [5.74, 6) is 0. The number of halogens is 3. The third-order valence-electron chi connectivity index (χ3n) is 0.515. The molecule has 0 aliphatic heterocycles. The Morgan fingerprint density at radius 3 is 1.71 bits per heavy atom. The molecule has 0 saturated carbocycles. The van der Waals surface area contributed by atoms with Crippen LogP contribution in [-0.2, 0) is 0 Å². The smallest absolute Gasteiger partial charge is 0.0925 e. The molecule has 0 fully saturated rings. The molecule has 0 aromatic heterocycles. The van der Waals surface area contributed by atoms with Crippen LogP contribution in [0.15, 0.2) is 9.15 Å². The summed E-state index contributed by atoms with van der Waals surface area (Å²) < 4.78 is 0.888. The molecular formula is C3H5Cl3Si. The monoisotopic (exact) mass is 174 g/mol. The quantitative estimate of drug-likeness (QED) is 0.535. The highest BCUT2D eigenvalue weighted by Gasteiger charge is 1.91. The number of hydrogen-bond donors (Lipinski definition) is 0. The van der Waals surface area contributed by atoms with E-state index in [1.165, 1.54) is 0 Å². The van der Waals surface area contributed by atoms with Gasteiger partial charge in [0, 0.05) is 4.66 Å². The summed E-state index contributed by atoms with van der Waals surface area (Å²) in [5, 5.41) is 0. The van der Waals surface area contributed by atoms with E-state index in [2.05, 4.69) is 0 Å². The van der Waals surface area contributed by atoms with Crippen LogP contribution in [0.1, 0.15) is 0 Å². The maximum absolute atomic E-state index is 5.48. The third kappa shape index (κ3) is 3.41. The van der Waals surface area contributed by atoms with Crippen molar-refractivity contribution in [2.24, 2.45) is 0 Å². The highest BCUT2D eigenvalue weighted by molar-refractivity contribution is 6.71. The Balaban J connectivity index is 3.72. The van der Waals surface area contributed by atoms with Crippen molar-refractivity contribution >= 4 is 44.3 Å². The zero-order valence-electron chi connectivity index (χ0n) is 3.84. The summed E-state index contributed by atoms with van der Waals surface area (Å²) in [4.78, 5) is 0. The van der Waals surface area contributed by atoms with Crippen LogP contribution in [0.25, 0.3) is 0 Å². The molecule has 0 aromatic rings. The Bertz CT molecular complexity index is 84.2. The standard InChI is InChI=1S/C3H5Cl3Si/c1-7-3(6)2(4)5/h7H2,1H3. The lowest BCUT2D eigenvalue weighted by Gasteiger charge is -1.86. The fourth-order valence-electron chi connectivity index (χ4n) is 0.134. The van der Waals surface area contributed by atoms with Crippen LogP contribution in [0.4, 0.5) is 0 Å². The normalized spacial score (nSPS) is 10.3. The first kappa shape index (κ1) is 7.83. The van der Waals surface area contributed by atoms with E-state index in [0.29, 0.717) is 4.66 Å². The van der Waals surface area contributed by atoms with Gasteiger partial charge in [-0.1, -0.05) is 41.3 Å². The van der Waals surface area contributed by atoms with E-state index in [0.717, 1.165) is 0 Å². The van der Waals surface area contributed by atoms with Crippen molar-refractivity contribution in [1.82, 2.24) is 0 Å². The molecule has 0 aliphatic rings. The van der Waals surface area contributed by atoms with Gasteiger partial charge in [-0.2, -0.15) is 0 Å². The molecule has 0 saturated heterocycles. The molecule has 0 spiro atoms. The van der Waals surface area contributed by atoms with Crippen LogP contribution in [0, 0.1) is 0 Å². The molecule has 0 nitrogen and oxygen atoms in total. The topological polar surface area (TPSA) is 0 Å². The van der Waals surface area contributed by atoms with Crippen LogP contribution >= 0.6 is 34.8 Å². The van der Waals surface area contributed by atoms with Crippen molar-refractivity contribution in [3.05, 3.63) is 9.15 Å². The SMILES string of the molecule is C[SiH2]C(Cl)=C(Cl)Cl. The minimum absolute atomic E-state index is 0.232. The second-order valence-electron chi connectivity index (χ2n) is 1.02. The van der Waals surface area contributed by atoms with Crippen molar-refractivity contribution < 1.29 is 0 Å². The van der Waals surface area contributed by atoms with Gasteiger partial charge in [-0.15, -0.1) is 0 Å². The van der Waals surface area contributed by atoms with Crippen molar-refractivity contribution in [2.45, 2.75) is 6.55 Å². The Kier molecular flexibility index (Phi) is 4.23. The lowest BCUT2D eigenvalue weighted by molar-refractivity contribution is 2.12. The van der Waals surface area contributed by atoms with Gasteiger partial charge in [-0.05, 0) is 0 Å². The first-order valence-electron chi connectivity index (χ1n) is 1.88. The van der Waals surface area contributed by atoms with Gasteiger partial charge < -0.3 is 0 Å². The molecule has 0 heterocycles. The van der Waals surface area contributed by atoms with Crippen molar-refractivity contribution in [3.63, 3.8) is 0 Å². The summed E-state index contributed by atoms with van der Waals surface area (Å²) in [7, 11) is -0.328. The van der Waals surface area contributed by atoms with E-state index in [4.69, 9.17) is 34.8 Å². The molecule has 0 aliphatic carbocycles. The first-order chi connectivity index (χ1) is 3.18. The molecule has 4 heteroatoms. The largest absolute Gasteiger partial charge is 0.116 e. The fraction of sp³-hybridized carbons (Fsp3) is 0.333. The van der Waals surface area contributed by atoms with Gasteiger partial charge in [-0.3, -0.25) is 0 Å². The maximum atomic E-state index is 5.48. The summed E-state index contributed by atoms with van der Waals surface area (Å²) in [6.45, 7) is 2.02. The lowest BCUT2D eigenvalue weighted by Crippen LogP contribution is -1.79. The minimum atomic E-state index is -0.328. The van der Waals surface area contributed by atoms with E-state index >= 15 is 0 Å². The van der Waals surface area contributed by atoms with E-state index in [1.54, 1.807) is 0 Å². The van der Waals surface area contributed by atoms with Crippen LogP contribution in [0.3, 0.4) is 0 Å². The Morgan fingerprint density at radius 1 is 1.29 bits per heavy atom. The predicted molar refractivity (Wildman–Crippen MR) is 39.0 cm³/mol. The molecule has 0 radical (unpaired) electrons. The van der Waals surface area contributed by atoms with Gasteiger partial charge in [0.1, 0.15) is 4.49 Å². The van der Waals surface area contributed by atoms with Crippen molar-refractivity contribution in [3.8, 4) is 0 Å². The van der Waals surface area contributed by atoms with E-state index < -0.39 is 0 Å². The van der Waals surface area contributed by atoms with Gasteiger partial charge in [-0.25, -0.2) is 0 Å². The molecule has 42 valence electrons. The van der Waals surface area contributed by atoms with E-state index in [1.807, 2.05) is 6.55 Å². The van der Waals surface area contributed by atoms with Crippen LogP contribution in [0.2, 0.25) is 6.55 Å². The fourth-order valence-corrected chi connectivity index (χ4v) is 1.20. The van der Waals surface area contributed by atoms with Crippen molar-refractivity contribution in [2.75, 3.05) is 0 Å². The average Bonchev–Trinajstić information content (AvgIpc) is 1.65. The zero-order valence-corrected chi connectivity index (χ0v) is 7.52. The van der Waals surface area contributed by atoms with Gasteiger partial charge >= 0.3 is 0 Å². The van der Waals surface area contributed by atoms with Gasteiger partial charge in [0.25, 0.3) is 0 Å². The Labute approximate surface area is 60.3 Å². The van der Waals surface area contributed by atoms with Gasteiger partial charge in [0.2, 0.25) is 0 Å². The molecule has 0 amide bonds. The molecule has 0 N–H and O–H groups in total. The van der Waals surface area contributed by atoms with Crippen LogP contribution < -0.4 is 0 Å². The molecule has 0 unspecified atom stereocenters. The number of hydrogen-bond acceptors (Lipinski definition) is 0. The highest BCUT2D eigenvalue weighted by Crippen LogP contribution is 2.15. The molecule has 0 atom stereocenters. The maximum Gasteiger partial charge on any atom is 0.116 e. The minimum Gasteiger partial charge on any atom is -0.0925 e. The Morgan fingerprint density at radius 2 is 1.71 bits per heavy atom. The average molecular weight is 176 g/mol.